The summed E-state index contributed by atoms with van der Waals surface area (Å²) in [6, 6.07) is 4.19. The number of sulfone groups is 2. The highest BCUT2D eigenvalue weighted by Crippen LogP contribution is 2.24. The van der Waals surface area contributed by atoms with Crippen molar-refractivity contribution in [2.75, 3.05) is 12.5 Å². The van der Waals surface area contributed by atoms with Crippen LogP contribution in [-0.4, -0.2) is 29.3 Å². The molecule has 0 aliphatic rings. The third-order valence-corrected chi connectivity index (χ3v) is 4.32. The molecule has 0 bridgehead atoms. The lowest BCUT2D eigenvalue weighted by Gasteiger charge is -2.08. The predicted octanol–water partition coefficient (Wildman–Crippen LogP) is 0.676. The van der Waals surface area contributed by atoms with E-state index in [0.29, 0.717) is 0 Å². The first kappa shape index (κ1) is 12.2. The van der Waals surface area contributed by atoms with E-state index in [1.807, 2.05) is 0 Å². The highest BCUT2D eigenvalue weighted by Gasteiger charge is 2.21. The average molecular weight is 247 g/mol. The molecule has 0 aromatic heterocycles. The fourth-order valence-electron chi connectivity index (χ4n) is 1.27. The molecule has 0 aliphatic heterocycles. The molecule has 1 aromatic rings. The molecular formula is C9H11O4S2. The summed E-state index contributed by atoms with van der Waals surface area (Å²) >= 11 is 0. The number of rotatable bonds is 2. The van der Waals surface area contributed by atoms with Crippen molar-refractivity contribution >= 4 is 19.7 Å². The van der Waals surface area contributed by atoms with Gasteiger partial charge in [0.1, 0.15) is 0 Å². The highest BCUT2D eigenvalue weighted by atomic mass is 32.2. The first-order valence-corrected chi connectivity index (χ1v) is 7.77. The van der Waals surface area contributed by atoms with Crippen molar-refractivity contribution in [3.05, 3.63) is 30.7 Å². The molecule has 83 valence electrons. The SMILES string of the molecule is [CH2]c1cccc(S(C)(=O)=O)c1S(C)(=O)=O. The van der Waals surface area contributed by atoms with Crippen LogP contribution in [0.3, 0.4) is 0 Å². The lowest BCUT2D eigenvalue weighted by Crippen LogP contribution is -2.09. The second-order valence-electron chi connectivity index (χ2n) is 3.29. The van der Waals surface area contributed by atoms with Crippen LogP contribution in [0.5, 0.6) is 0 Å². The van der Waals surface area contributed by atoms with E-state index in [2.05, 4.69) is 6.92 Å². The van der Waals surface area contributed by atoms with Gasteiger partial charge < -0.3 is 0 Å². The molecule has 0 N–H and O–H groups in total. The van der Waals surface area contributed by atoms with Gasteiger partial charge in [0.05, 0.1) is 9.79 Å². The second-order valence-corrected chi connectivity index (χ2v) is 7.23. The molecule has 0 unspecified atom stereocenters. The normalized spacial score (nSPS) is 12.7. The molecule has 4 nitrogen and oxygen atoms in total. The van der Waals surface area contributed by atoms with Crippen molar-refractivity contribution in [1.29, 1.82) is 0 Å². The highest BCUT2D eigenvalue weighted by molar-refractivity contribution is 7.93. The third kappa shape index (κ3) is 2.57. The van der Waals surface area contributed by atoms with Crippen LogP contribution in [0.4, 0.5) is 0 Å². The van der Waals surface area contributed by atoms with Gasteiger partial charge in [0.25, 0.3) is 0 Å². The van der Waals surface area contributed by atoms with Crippen LogP contribution in [0, 0.1) is 6.92 Å². The maximum atomic E-state index is 11.4. The molecule has 1 radical (unpaired) electrons. The molecule has 6 heteroatoms. The van der Waals surface area contributed by atoms with E-state index in [9.17, 15) is 16.8 Å². The van der Waals surface area contributed by atoms with Crippen LogP contribution >= 0.6 is 0 Å². The van der Waals surface area contributed by atoms with Crippen molar-refractivity contribution in [2.24, 2.45) is 0 Å². The van der Waals surface area contributed by atoms with Crippen molar-refractivity contribution in [3.63, 3.8) is 0 Å². The summed E-state index contributed by atoms with van der Waals surface area (Å²) in [5.74, 6) is 0. The second kappa shape index (κ2) is 3.61. The van der Waals surface area contributed by atoms with Crippen LogP contribution < -0.4 is 0 Å². The molecule has 0 saturated heterocycles. The standard InChI is InChI=1S/C9H11O4S2/c1-7-5-4-6-8(14(2,10)11)9(7)15(3,12)13/h4-6H,1H2,2-3H3. The quantitative estimate of drug-likeness (QED) is 0.770. The Balaban J connectivity index is 3.79. The molecular weight excluding hydrogens is 236 g/mol. The minimum absolute atomic E-state index is 0.195. The zero-order valence-corrected chi connectivity index (χ0v) is 10.0. The van der Waals surface area contributed by atoms with Crippen molar-refractivity contribution in [2.45, 2.75) is 9.79 Å². The van der Waals surface area contributed by atoms with E-state index in [-0.39, 0.29) is 15.4 Å². The van der Waals surface area contributed by atoms with Crippen LogP contribution in [0.15, 0.2) is 28.0 Å². The zero-order valence-electron chi connectivity index (χ0n) is 8.39. The maximum Gasteiger partial charge on any atom is 0.177 e. The van der Waals surface area contributed by atoms with E-state index in [1.54, 1.807) is 0 Å². The van der Waals surface area contributed by atoms with Crippen molar-refractivity contribution < 1.29 is 16.8 Å². The Hall–Kier alpha value is -0.880. The minimum Gasteiger partial charge on any atom is -0.224 e. The Morgan fingerprint density at radius 2 is 1.53 bits per heavy atom. The summed E-state index contributed by atoms with van der Waals surface area (Å²) < 4.78 is 45.6. The fourth-order valence-corrected chi connectivity index (χ4v) is 3.95. The third-order valence-electron chi connectivity index (χ3n) is 1.83. The van der Waals surface area contributed by atoms with E-state index < -0.39 is 19.7 Å². The van der Waals surface area contributed by atoms with Gasteiger partial charge in [0.2, 0.25) is 0 Å². The Bertz CT molecular complexity index is 583. The predicted molar refractivity (Wildman–Crippen MR) is 57.1 cm³/mol. The summed E-state index contributed by atoms with van der Waals surface area (Å²) in [7, 11) is -7.15. The topological polar surface area (TPSA) is 68.3 Å². The Labute approximate surface area is 89.8 Å². The fraction of sp³-hybridized carbons (Fsp3) is 0.222. The van der Waals surface area contributed by atoms with Gasteiger partial charge in [-0.15, -0.1) is 0 Å². The molecule has 0 fully saturated rings. The smallest absolute Gasteiger partial charge is 0.177 e. The van der Waals surface area contributed by atoms with Crippen molar-refractivity contribution in [3.8, 4) is 0 Å². The lowest BCUT2D eigenvalue weighted by molar-refractivity contribution is 0.588. The zero-order chi connectivity index (χ0) is 11.9. The monoisotopic (exact) mass is 247 g/mol. The summed E-state index contributed by atoms with van der Waals surface area (Å²) in [6.07, 6.45) is 1.93. The molecule has 1 rings (SSSR count). The Morgan fingerprint density at radius 1 is 1.00 bits per heavy atom. The molecule has 0 spiro atoms. The van der Waals surface area contributed by atoms with Crippen LogP contribution in [0.1, 0.15) is 5.56 Å². The van der Waals surface area contributed by atoms with E-state index >= 15 is 0 Å². The summed E-state index contributed by atoms with van der Waals surface area (Å²) in [4.78, 5) is -0.412. The molecule has 0 heterocycles. The minimum atomic E-state index is -3.59. The molecule has 15 heavy (non-hydrogen) atoms. The number of benzene rings is 1. The van der Waals surface area contributed by atoms with Crippen LogP contribution in [-0.2, 0) is 19.7 Å². The van der Waals surface area contributed by atoms with E-state index in [4.69, 9.17) is 0 Å². The Morgan fingerprint density at radius 3 is 1.87 bits per heavy atom. The first-order chi connectivity index (χ1) is 6.64. The van der Waals surface area contributed by atoms with Gasteiger partial charge in [-0.25, -0.2) is 16.8 Å². The van der Waals surface area contributed by atoms with Gasteiger partial charge in [-0.1, -0.05) is 12.1 Å². The van der Waals surface area contributed by atoms with Gasteiger partial charge in [-0.05, 0) is 18.6 Å². The van der Waals surface area contributed by atoms with Gasteiger partial charge in [-0.2, -0.15) is 0 Å². The lowest BCUT2D eigenvalue weighted by atomic mass is 10.2. The van der Waals surface area contributed by atoms with Gasteiger partial charge in [0.15, 0.2) is 19.7 Å². The molecule has 0 amide bonds. The molecule has 0 atom stereocenters. The molecule has 1 aromatic carbocycles. The van der Waals surface area contributed by atoms with Crippen molar-refractivity contribution in [1.82, 2.24) is 0 Å². The summed E-state index contributed by atoms with van der Waals surface area (Å²) in [6.45, 7) is 3.52. The Kier molecular flexibility index (Phi) is 2.93. The number of hydrogen-bond acceptors (Lipinski definition) is 4. The summed E-state index contributed by atoms with van der Waals surface area (Å²) in [5, 5.41) is 0. The van der Waals surface area contributed by atoms with E-state index in [0.717, 1.165) is 12.5 Å². The maximum absolute atomic E-state index is 11.4. The average Bonchev–Trinajstić information content (AvgIpc) is 1.99. The van der Waals surface area contributed by atoms with Gasteiger partial charge in [0, 0.05) is 12.5 Å². The largest absolute Gasteiger partial charge is 0.224 e. The van der Waals surface area contributed by atoms with E-state index in [1.165, 1.54) is 18.2 Å². The van der Waals surface area contributed by atoms with Gasteiger partial charge >= 0.3 is 0 Å². The molecule has 0 aliphatic carbocycles. The summed E-state index contributed by atoms with van der Waals surface area (Å²) in [5.41, 5.74) is 0.195. The number of hydrogen-bond donors (Lipinski definition) is 0. The van der Waals surface area contributed by atoms with Gasteiger partial charge in [-0.3, -0.25) is 0 Å². The first-order valence-electron chi connectivity index (χ1n) is 3.99. The van der Waals surface area contributed by atoms with Crippen LogP contribution in [0.25, 0.3) is 0 Å². The molecule has 0 saturated carbocycles. The van der Waals surface area contributed by atoms with Crippen LogP contribution in [0.2, 0.25) is 0 Å².